The Morgan fingerprint density at radius 3 is 2.58 bits per heavy atom. The van der Waals surface area contributed by atoms with E-state index < -0.39 is 16.7 Å². The molecule has 0 aliphatic carbocycles. The number of hydrogen-bond acceptors (Lipinski definition) is 6. The third-order valence-corrected chi connectivity index (χ3v) is 4.87. The number of carbonyl (C=O) groups excluding carboxylic acids is 2. The summed E-state index contributed by atoms with van der Waals surface area (Å²) in [5.41, 5.74) is 3.35. The van der Waals surface area contributed by atoms with Crippen LogP contribution in [0, 0.1) is 17.0 Å². The highest BCUT2D eigenvalue weighted by atomic mass is 35.5. The largest absolute Gasteiger partial charge is 0.455 e. The number of furan rings is 1. The molecule has 2 N–H and O–H groups in total. The Kier molecular flexibility index (Phi) is 6.68. The van der Waals surface area contributed by atoms with Crippen molar-refractivity contribution >= 4 is 52.6 Å². The summed E-state index contributed by atoms with van der Waals surface area (Å²) in [7, 11) is 0. The number of halogens is 2. The topological polar surface area (TPSA) is 127 Å². The molecule has 158 valence electrons. The molecule has 3 rings (SSSR count). The number of nitro benzene ring substituents is 1. The van der Waals surface area contributed by atoms with Gasteiger partial charge in [-0.3, -0.25) is 19.7 Å². The van der Waals surface area contributed by atoms with Gasteiger partial charge in [0.25, 0.3) is 5.69 Å². The molecule has 0 saturated carbocycles. The second kappa shape index (κ2) is 9.41. The van der Waals surface area contributed by atoms with E-state index in [4.69, 9.17) is 27.6 Å². The third-order valence-electron chi connectivity index (χ3n) is 4.14. The highest BCUT2D eigenvalue weighted by Gasteiger charge is 2.17. The lowest BCUT2D eigenvalue weighted by atomic mass is 10.1. The van der Waals surface area contributed by atoms with E-state index in [9.17, 15) is 19.7 Å². The number of hydrogen-bond donors (Lipinski definition) is 2. The Hall–Kier alpha value is -3.69. The summed E-state index contributed by atoms with van der Waals surface area (Å²) >= 11 is 11.7. The zero-order valence-electron chi connectivity index (χ0n) is 15.9. The molecule has 3 aromatic rings. The van der Waals surface area contributed by atoms with Gasteiger partial charge in [0.05, 0.1) is 21.2 Å². The van der Waals surface area contributed by atoms with Crippen LogP contribution in [0.5, 0.6) is 0 Å². The molecule has 0 unspecified atom stereocenters. The second-order valence-electron chi connectivity index (χ2n) is 6.19. The average Bonchev–Trinajstić information content (AvgIpc) is 3.19. The highest BCUT2D eigenvalue weighted by molar-refractivity contribution is 6.42. The van der Waals surface area contributed by atoms with Crippen LogP contribution in [-0.2, 0) is 9.59 Å². The van der Waals surface area contributed by atoms with E-state index in [0.29, 0.717) is 27.6 Å². The number of rotatable bonds is 5. The third kappa shape index (κ3) is 5.27. The Morgan fingerprint density at radius 2 is 1.87 bits per heavy atom. The Balaban J connectivity index is 1.63. The molecule has 0 aliphatic heterocycles. The van der Waals surface area contributed by atoms with Crippen LogP contribution in [0.15, 0.2) is 58.0 Å². The van der Waals surface area contributed by atoms with E-state index in [2.05, 4.69) is 15.8 Å². The SMILES string of the molecule is Cc1c(-c2ccc(/C=N/NC(=O)C(=O)Nc3ccc(Cl)c(Cl)c3)o2)cccc1[N+](=O)[O-]. The van der Waals surface area contributed by atoms with Crippen LogP contribution >= 0.6 is 23.2 Å². The fourth-order valence-corrected chi connectivity index (χ4v) is 2.92. The summed E-state index contributed by atoms with van der Waals surface area (Å²) in [6.45, 7) is 1.62. The van der Waals surface area contributed by atoms with Crippen LogP contribution in [-0.4, -0.2) is 23.0 Å². The van der Waals surface area contributed by atoms with Gasteiger partial charge in [0.1, 0.15) is 11.5 Å². The van der Waals surface area contributed by atoms with Crippen molar-refractivity contribution in [2.45, 2.75) is 6.92 Å². The molecule has 1 aromatic heterocycles. The summed E-state index contributed by atoms with van der Waals surface area (Å²) in [5.74, 6) is -1.30. The van der Waals surface area contributed by atoms with Crippen molar-refractivity contribution in [1.82, 2.24) is 5.43 Å². The zero-order chi connectivity index (χ0) is 22.5. The van der Waals surface area contributed by atoms with Crippen LogP contribution in [0.1, 0.15) is 11.3 Å². The highest BCUT2D eigenvalue weighted by Crippen LogP contribution is 2.30. The van der Waals surface area contributed by atoms with Gasteiger partial charge in [0.15, 0.2) is 0 Å². The fourth-order valence-electron chi connectivity index (χ4n) is 2.62. The maximum atomic E-state index is 11.9. The lowest BCUT2D eigenvalue weighted by Crippen LogP contribution is -2.32. The minimum atomic E-state index is -1.01. The molecule has 0 atom stereocenters. The van der Waals surface area contributed by atoms with E-state index >= 15 is 0 Å². The van der Waals surface area contributed by atoms with Gasteiger partial charge in [-0.15, -0.1) is 0 Å². The van der Waals surface area contributed by atoms with E-state index in [0.717, 1.165) is 0 Å². The van der Waals surface area contributed by atoms with Gasteiger partial charge >= 0.3 is 11.8 Å². The smallest absolute Gasteiger partial charge is 0.329 e. The minimum Gasteiger partial charge on any atom is -0.455 e. The predicted molar refractivity (Wildman–Crippen MR) is 116 cm³/mol. The fraction of sp³-hybridized carbons (Fsp3) is 0.0500. The molecule has 2 amide bonds. The van der Waals surface area contributed by atoms with Gasteiger partial charge in [-0.2, -0.15) is 5.10 Å². The Bertz CT molecular complexity index is 1210. The van der Waals surface area contributed by atoms with Crippen LogP contribution < -0.4 is 10.7 Å². The minimum absolute atomic E-state index is 0.0237. The van der Waals surface area contributed by atoms with E-state index in [1.165, 1.54) is 30.5 Å². The summed E-state index contributed by atoms with van der Waals surface area (Å²) in [4.78, 5) is 34.4. The van der Waals surface area contributed by atoms with Crippen molar-refractivity contribution < 1.29 is 18.9 Å². The Labute approximate surface area is 185 Å². The van der Waals surface area contributed by atoms with Crippen molar-refractivity contribution in [2.75, 3.05) is 5.32 Å². The lowest BCUT2D eigenvalue weighted by Gasteiger charge is -2.05. The number of nitrogens with zero attached hydrogens (tertiary/aromatic N) is 2. The summed E-state index contributed by atoms with van der Waals surface area (Å²) in [5, 5.41) is 17.7. The first kappa shape index (κ1) is 22.0. The van der Waals surface area contributed by atoms with Crippen molar-refractivity contribution in [3.05, 3.63) is 80.0 Å². The monoisotopic (exact) mass is 460 g/mol. The molecule has 0 radical (unpaired) electrons. The number of amides is 2. The Morgan fingerprint density at radius 1 is 1.10 bits per heavy atom. The number of hydrazone groups is 1. The molecular formula is C20H14Cl2N4O5. The van der Waals surface area contributed by atoms with Gasteiger partial charge in [-0.25, -0.2) is 5.43 Å². The quantitative estimate of drug-likeness (QED) is 0.249. The van der Waals surface area contributed by atoms with Crippen LogP contribution in [0.25, 0.3) is 11.3 Å². The second-order valence-corrected chi connectivity index (χ2v) is 7.01. The normalized spacial score (nSPS) is 10.8. The lowest BCUT2D eigenvalue weighted by molar-refractivity contribution is -0.385. The van der Waals surface area contributed by atoms with Gasteiger partial charge in [-0.05, 0) is 37.3 Å². The molecule has 2 aromatic carbocycles. The standard InChI is InChI=1S/C20H14Cl2N4O5/c1-11-14(3-2-4-17(11)26(29)30)18-8-6-13(31-18)10-23-25-20(28)19(27)24-12-5-7-15(21)16(22)9-12/h2-10H,1H3,(H,24,27)(H,25,28)/b23-10+. The number of carbonyl (C=O) groups is 2. The maximum Gasteiger partial charge on any atom is 0.329 e. The average molecular weight is 461 g/mol. The first-order chi connectivity index (χ1) is 14.8. The molecule has 9 nitrogen and oxygen atoms in total. The number of nitrogens with one attached hydrogen (secondary N) is 2. The molecule has 0 fully saturated rings. The van der Waals surface area contributed by atoms with E-state index in [-0.39, 0.29) is 16.5 Å². The van der Waals surface area contributed by atoms with Gasteiger partial charge in [-0.1, -0.05) is 35.3 Å². The van der Waals surface area contributed by atoms with Crippen molar-refractivity contribution in [1.29, 1.82) is 0 Å². The van der Waals surface area contributed by atoms with Crippen molar-refractivity contribution in [3.8, 4) is 11.3 Å². The predicted octanol–water partition coefficient (Wildman–Crippen LogP) is 4.56. The molecule has 0 bridgehead atoms. The maximum absolute atomic E-state index is 11.9. The molecule has 0 aliphatic rings. The van der Waals surface area contributed by atoms with Gasteiger partial charge < -0.3 is 9.73 Å². The van der Waals surface area contributed by atoms with Crippen LogP contribution in [0.2, 0.25) is 10.0 Å². The number of anilines is 1. The molecule has 31 heavy (non-hydrogen) atoms. The summed E-state index contributed by atoms with van der Waals surface area (Å²) < 4.78 is 5.60. The van der Waals surface area contributed by atoms with Crippen molar-refractivity contribution in [2.24, 2.45) is 5.10 Å². The van der Waals surface area contributed by atoms with Crippen molar-refractivity contribution in [3.63, 3.8) is 0 Å². The van der Waals surface area contributed by atoms with E-state index in [1.54, 1.807) is 31.2 Å². The molecule has 0 spiro atoms. The van der Waals surface area contributed by atoms with Gasteiger partial charge in [0.2, 0.25) is 0 Å². The molecule has 0 saturated heterocycles. The van der Waals surface area contributed by atoms with Crippen LogP contribution in [0.4, 0.5) is 11.4 Å². The number of benzene rings is 2. The van der Waals surface area contributed by atoms with E-state index in [1.807, 2.05) is 0 Å². The van der Waals surface area contributed by atoms with Gasteiger partial charge in [0, 0.05) is 22.9 Å². The summed E-state index contributed by atoms with van der Waals surface area (Å²) in [6.07, 6.45) is 1.19. The molecule has 1 heterocycles. The molecule has 11 heteroatoms. The van der Waals surface area contributed by atoms with Crippen LogP contribution in [0.3, 0.4) is 0 Å². The zero-order valence-corrected chi connectivity index (χ0v) is 17.4. The summed E-state index contributed by atoms with van der Waals surface area (Å²) in [6, 6.07) is 12.2. The first-order valence-corrected chi connectivity index (χ1v) is 9.45. The number of nitro groups is 1. The first-order valence-electron chi connectivity index (χ1n) is 8.70. The molecular weight excluding hydrogens is 447 g/mol.